The molecular formula is C10H20N2O2. The summed E-state index contributed by atoms with van der Waals surface area (Å²) >= 11 is 0. The maximum Gasteiger partial charge on any atom is 0.0951 e. The minimum atomic E-state index is -0.805. The van der Waals surface area contributed by atoms with Gasteiger partial charge in [0.15, 0.2) is 0 Å². The van der Waals surface area contributed by atoms with E-state index in [9.17, 15) is 5.11 Å². The lowest BCUT2D eigenvalue weighted by Crippen LogP contribution is -2.42. The highest BCUT2D eigenvalue weighted by Gasteiger charge is 2.20. The topological polar surface area (TPSA) is 65.3 Å². The van der Waals surface area contributed by atoms with Gasteiger partial charge in [0.25, 0.3) is 0 Å². The van der Waals surface area contributed by atoms with Gasteiger partial charge in [0.1, 0.15) is 0 Å². The molecule has 0 aliphatic rings. The maximum atomic E-state index is 9.83. The van der Waals surface area contributed by atoms with E-state index in [0.29, 0.717) is 19.6 Å². The van der Waals surface area contributed by atoms with Gasteiger partial charge in [-0.25, -0.2) is 0 Å². The molecule has 0 aliphatic heterocycles. The van der Waals surface area contributed by atoms with Crippen LogP contribution in [0.4, 0.5) is 0 Å². The van der Waals surface area contributed by atoms with Crippen molar-refractivity contribution in [3.63, 3.8) is 0 Å². The van der Waals surface area contributed by atoms with E-state index in [-0.39, 0.29) is 6.04 Å². The van der Waals surface area contributed by atoms with Crippen LogP contribution in [-0.4, -0.2) is 37.0 Å². The minimum Gasteiger partial charge on any atom is -0.389 e. The molecule has 0 bridgehead atoms. The molecule has 0 aromatic carbocycles. The monoisotopic (exact) mass is 200 g/mol. The van der Waals surface area contributed by atoms with Gasteiger partial charge >= 0.3 is 0 Å². The van der Waals surface area contributed by atoms with E-state index < -0.39 is 5.60 Å². The third kappa shape index (κ3) is 5.92. The van der Waals surface area contributed by atoms with Crippen molar-refractivity contribution in [2.45, 2.75) is 38.3 Å². The summed E-state index contributed by atoms with van der Waals surface area (Å²) < 4.78 is 4.88. The summed E-state index contributed by atoms with van der Waals surface area (Å²) in [4.78, 5) is 0. The van der Waals surface area contributed by atoms with Gasteiger partial charge < -0.3 is 9.84 Å². The van der Waals surface area contributed by atoms with E-state index in [2.05, 4.69) is 11.4 Å². The fourth-order valence-electron chi connectivity index (χ4n) is 1.03. The van der Waals surface area contributed by atoms with Crippen LogP contribution in [0.1, 0.15) is 26.7 Å². The van der Waals surface area contributed by atoms with Crippen LogP contribution >= 0.6 is 0 Å². The summed E-state index contributed by atoms with van der Waals surface area (Å²) in [6.45, 7) is 4.62. The molecule has 0 saturated heterocycles. The molecule has 0 amide bonds. The van der Waals surface area contributed by atoms with Crippen molar-refractivity contribution < 1.29 is 9.84 Å². The smallest absolute Gasteiger partial charge is 0.0951 e. The zero-order valence-corrected chi connectivity index (χ0v) is 9.21. The molecule has 2 N–H and O–H groups in total. The molecule has 0 radical (unpaired) electrons. The first-order valence-electron chi connectivity index (χ1n) is 4.90. The predicted molar refractivity (Wildman–Crippen MR) is 54.8 cm³/mol. The van der Waals surface area contributed by atoms with Gasteiger partial charge in [0.05, 0.1) is 17.7 Å². The zero-order chi connectivity index (χ0) is 11.0. The average Bonchev–Trinajstić information content (AvgIpc) is 2.16. The Bertz CT molecular complexity index is 187. The average molecular weight is 200 g/mol. The van der Waals surface area contributed by atoms with Crippen LogP contribution in [0, 0.1) is 11.3 Å². The third-order valence-electron chi connectivity index (χ3n) is 2.14. The van der Waals surface area contributed by atoms with Crippen LogP contribution in [-0.2, 0) is 4.74 Å². The summed E-state index contributed by atoms with van der Waals surface area (Å²) in [6.07, 6.45) is 1.31. The molecule has 0 aromatic heterocycles. The standard InChI is InChI=1S/C10H20N2O2/c1-4-9(7-11)12-8-10(2,13)5-6-14-3/h9,12-13H,4-6,8H2,1-3H3. The molecule has 0 saturated carbocycles. The Morgan fingerprint density at radius 3 is 2.71 bits per heavy atom. The Morgan fingerprint density at radius 2 is 2.29 bits per heavy atom. The van der Waals surface area contributed by atoms with Crippen LogP contribution in [0.2, 0.25) is 0 Å². The number of rotatable bonds is 7. The lowest BCUT2D eigenvalue weighted by Gasteiger charge is -2.24. The molecule has 0 aromatic rings. The molecular weight excluding hydrogens is 180 g/mol. The molecule has 0 fully saturated rings. The Morgan fingerprint density at radius 1 is 1.64 bits per heavy atom. The number of methoxy groups -OCH3 is 1. The molecule has 0 rings (SSSR count). The second-order valence-corrected chi connectivity index (χ2v) is 3.71. The lowest BCUT2D eigenvalue weighted by atomic mass is 10.0. The van der Waals surface area contributed by atoms with Crippen LogP contribution in [0.5, 0.6) is 0 Å². The van der Waals surface area contributed by atoms with Crippen molar-refractivity contribution in [1.29, 1.82) is 5.26 Å². The summed E-state index contributed by atoms with van der Waals surface area (Å²) in [5, 5.41) is 21.5. The molecule has 2 unspecified atom stereocenters. The first-order valence-corrected chi connectivity index (χ1v) is 4.90. The molecule has 2 atom stereocenters. The molecule has 82 valence electrons. The number of ether oxygens (including phenoxy) is 1. The van der Waals surface area contributed by atoms with Crippen LogP contribution < -0.4 is 5.32 Å². The SMILES string of the molecule is CCC(C#N)NCC(C)(O)CCOC. The van der Waals surface area contributed by atoms with Gasteiger partial charge in [0.2, 0.25) is 0 Å². The number of nitriles is 1. The van der Waals surface area contributed by atoms with Crippen molar-refractivity contribution in [2.24, 2.45) is 0 Å². The van der Waals surface area contributed by atoms with Crippen LogP contribution in [0.15, 0.2) is 0 Å². The summed E-state index contributed by atoms with van der Waals surface area (Å²) in [5.41, 5.74) is -0.805. The Labute approximate surface area is 85.9 Å². The number of hydrogen-bond acceptors (Lipinski definition) is 4. The quantitative estimate of drug-likeness (QED) is 0.634. The molecule has 4 heteroatoms. The van der Waals surface area contributed by atoms with E-state index in [1.165, 1.54) is 0 Å². The van der Waals surface area contributed by atoms with Gasteiger partial charge in [-0.2, -0.15) is 5.26 Å². The van der Waals surface area contributed by atoms with Gasteiger partial charge in [-0.1, -0.05) is 6.92 Å². The molecule has 0 heterocycles. The van der Waals surface area contributed by atoms with E-state index >= 15 is 0 Å². The first kappa shape index (κ1) is 13.4. The fourth-order valence-corrected chi connectivity index (χ4v) is 1.03. The zero-order valence-electron chi connectivity index (χ0n) is 9.21. The van der Waals surface area contributed by atoms with Gasteiger partial charge in [-0.15, -0.1) is 0 Å². The van der Waals surface area contributed by atoms with Crippen molar-refractivity contribution in [3.8, 4) is 6.07 Å². The normalized spacial score (nSPS) is 17.1. The summed E-state index contributed by atoms with van der Waals surface area (Å²) in [5.74, 6) is 0. The predicted octanol–water partition coefficient (Wildman–Crippen LogP) is 0.666. The second kappa shape index (κ2) is 6.77. The van der Waals surface area contributed by atoms with Crippen molar-refractivity contribution in [3.05, 3.63) is 0 Å². The Kier molecular flexibility index (Phi) is 6.46. The van der Waals surface area contributed by atoms with Gasteiger partial charge in [-0.05, 0) is 13.3 Å². The van der Waals surface area contributed by atoms with Crippen molar-refractivity contribution in [2.75, 3.05) is 20.3 Å². The Hall–Kier alpha value is -0.630. The van der Waals surface area contributed by atoms with E-state index in [0.717, 1.165) is 6.42 Å². The summed E-state index contributed by atoms with van der Waals surface area (Å²) in [7, 11) is 1.60. The van der Waals surface area contributed by atoms with Crippen molar-refractivity contribution in [1.82, 2.24) is 5.32 Å². The fraction of sp³-hybridized carbons (Fsp3) is 0.900. The highest BCUT2D eigenvalue weighted by atomic mass is 16.5. The van der Waals surface area contributed by atoms with Gasteiger partial charge in [-0.3, -0.25) is 5.32 Å². The maximum absolute atomic E-state index is 9.83. The second-order valence-electron chi connectivity index (χ2n) is 3.71. The molecule has 14 heavy (non-hydrogen) atoms. The molecule has 0 spiro atoms. The number of nitrogens with zero attached hydrogens (tertiary/aromatic N) is 1. The van der Waals surface area contributed by atoms with Crippen LogP contribution in [0.3, 0.4) is 0 Å². The third-order valence-corrected chi connectivity index (χ3v) is 2.14. The molecule has 0 aliphatic carbocycles. The highest BCUT2D eigenvalue weighted by molar-refractivity contribution is 4.90. The van der Waals surface area contributed by atoms with Crippen LogP contribution in [0.25, 0.3) is 0 Å². The number of hydrogen-bond donors (Lipinski definition) is 2. The summed E-state index contributed by atoms with van der Waals surface area (Å²) in [6, 6.07) is 1.95. The molecule has 4 nitrogen and oxygen atoms in total. The van der Waals surface area contributed by atoms with Crippen molar-refractivity contribution >= 4 is 0 Å². The first-order chi connectivity index (χ1) is 6.55. The Balaban J connectivity index is 3.80. The number of nitrogens with one attached hydrogen (secondary N) is 1. The van der Waals surface area contributed by atoms with E-state index in [4.69, 9.17) is 10.00 Å². The lowest BCUT2D eigenvalue weighted by molar-refractivity contribution is 0.0238. The minimum absolute atomic E-state index is 0.177. The van der Waals surface area contributed by atoms with E-state index in [1.54, 1.807) is 14.0 Å². The van der Waals surface area contributed by atoms with E-state index in [1.807, 2.05) is 6.92 Å². The van der Waals surface area contributed by atoms with Gasteiger partial charge in [0, 0.05) is 26.7 Å². The number of aliphatic hydroxyl groups is 1. The highest BCUT2D eigenvalue weighted by Crippen LogP contribution is 2.08. The largest absolute Gasteiger partial charge is 0.389 e.